The second kappa shape index (κ2) is 8.80. The monoisotopic (exact) mass is 414 g/mol. The number of rotatable bonds is 7. The number of hydrogen-bond acceptors (Lipinski definition) is 5. The molecule has 24 heavy (non-hydrogen) atoms. The Balaban J connectivity index is 1.92. The van der Waals surface area contributed by atoms with Gasteiger partial charge in [0.05, 0.1) is 14.2 Å². The molecule has 0 unspecified atom stereocenters. The molecule has 2 rings (SSSR count). The predicted octanol–water partition coefficient (Wildman–Crippen LogP) is 4.24. The second-order valence-electron chi connectivity index (χ2n) is 4.71. The first-order chi connectivity index (χ1) is 11.5. The van der Waals surface area contributed by atoms with Gasteiger partial charge in [0.25, 0.3) is 0 Å². The van der Waals surface area contributed by atoms with E-state index in [2.05, 4.69) is 15.9 Å². The lowest BCUT2D eigenvalue weighted by Gasteiger charge is -2.12. The molecule has 0 heterocycles. The van der Waals surface area contributed by atoms with Gasteiger partial charge in [-0.1, -0.05) is 33.6 Å². The Morgan fingerprint density at radius 3 is 2.50 bits per heavy atom. The van der Waals surface area contributed by atoms with Gasteiger partial charge < -0.3 is 18.9 Å². The number of carbonyl (C=O) groups excluding carboxylic acids is 1. The van der Waals surface area contributed by atoms with Crippen molar-refractivity contribution in [2.24, 2.45) is 0 Å². The van der Waals surface area contributed by atoms with Crippen LogP contribution >= 0.6 is 27.5 Å². The number of benzene rings is 2. The summed E-state index contributed by atoms with van der Waals surface area (Å²) in [6.45, 7) is -0.121. The van der Waals surface area contributed by atoms with Crippen molar-refractivity contribution in [3.05, 3.63) is 51.5 Å². The van der Waals surface area contributed by atoms with Crippen molar-refractivity contribution in [3.63, 3.8) is 0 Å². The van der Waals surface area contributed by atoms with Crippen LogP contribution < -0.4 is 14.2 Å². The first kappa shape index (κ1) is 18.4. The highest BCUT2D eigenvalue weighted by Gasteiger charge is 2.12. The maximum absolute atomic E-state index is 11.8. The molecule has 0 aromatic heterocycles. The Labute approximate surface area is 153 Å². The molecule has 128 valence electrons. The molecule has 2 aromatic rings. The average Bonchev–Trinajstić information content (AvgIpc) is 2.58. The molecule has 5 nitrogen and oxygen atoms in total. The summed E-state index contributed by atoms with van der Waals surface area (Å²) in [5, 5.41) is 0.537. The molecule has 0 bridgehead atoms. The van der Waals surface area contributed by atoms with Gasteiger partial charge in [-0.25, -0.2) is 4.79 Å². The molecule has 0 aliphatic rings. The molecule has 0 aliphatic carbocycles. The van der Waals surface area contributed by atoms with Crippen LogP contribution in [0.4, 0.5) is 0 Å². The molecule has 0 atom stereocenters. The van der Waals surface area contributed by atoms with Gasteiger partial charge in [0.15, 0.2) is 18.1 Å². The Kier molecular flexibility index (Phi) is 6.75. The van der Waals surface area contributed by atoms with Gasteiger partial charge >= 0.3 is 5.97 Å². The second-order valence-corrected chi connectivity index (χ2v) is 6.00. The minimum Gasteiger partial charge on any atom is -0.493 e. The van der Waals surface area contributed by atoms with Crippen molar-refractivity contribution in [1.29, 1.82) is 0 Å². The van der Waals surface area contributed by atoms with Gasteiger partial charge in [-0.3, -0.25) is 0 Å². The number of ether oxygens (including phenoxy) is 4. The fourth-order valence-electron chi connectivity index (χ4n) is 1.91. The van der Waals surface area contributed by atoms with E-state index in [1.165, 1.54) is 0 Å². The fraction of sp³-hybridized carbons (Fsp3) is 0.235. The van der Waals surface area contributed by atoms with Crippen molar-refractivity contribution < 1.29 is 23.7 Å². The van der Waals surface area contributed by atoms with Crippen LogP contribution in [0.2, 0.25) is 5.02 Å². The molecule has 0 radical (unpaired) electrons. The van der Waals surface area contributed by atoms with Crippen LogP contribution in [0.5, 0.6) is 17.2 Å². The van der Waals surface area contributed by atoms with E-state index in [0.717, 1.165) is 10.0 Å². The van der Waals surface area contributed by atoms with Gasteiger partial charge in [0.1, 0.15) is 12.4 Å². The van der Waals surface area contributed by atoms with Crippen molar-refractivity contribution in [3.8, 4) is 17.2 Å². The van der Waals surface area contributed by atoms with Crippen molar-refractivity contribution in [2.75, 3.05) is 20.8 Å². The summed E-state index contributed by atoms with van der Waals surface area (Å²) in [6, 6.07) is 10.3. The zero-order valence-electron chi connectivity index (χ0n) is 13.2. The van der Waals surface area contributed by atoms with Gasteiger partial charge in [-0.05, 0) is 30.3 Å². The van der Waals surface area contributed by atoms with Gasteiger partial charge in [-0.2, -0.15) is 0 Å². The van der Waals surface area contributed by atoms with E-state index < -0.39 is 5.97 Å². The third kappa shape index (κ3) is 5.04. The smallest absolute Gasteiger partial charge is 0.344 e. The SMILES string of the molecule is COc1cc(Br)c(COC(=O)COc2cccc(Cl)c2)cc1OC. The Hall–Kier alpha value is -1.92. The maximum Gasteiger partial charge on any atom is 0.344 e. The summed E-state index contributed by atoms with van der Waals surface area (Å²) in [5.41, 5.74) is 0.753. The molecule has 0 saturated heterocycles. The van der Waals surface area contributed by atoms with Gasteiger partial charge in [0, 0.05) is 15.1 Å². The highest BCUT2D eigenvalue weighted by molar-refractivity contribution is 9.10. The summed E-state index contributed by atoms with van der Waals surface area (Å²) in [7, 11) is 3.09. The molecule has 7 heteroatoms. The highest BCUT2D eigenvalue weighted by Crippen LogP contribution is 2.33. The van der Waals surface area contributed by atoms with E-state index in [9.17, 15) is 4.79 Å². The number of methoxy groups -OCH3 is 2. The molecular weight excluding hydrogens is 400 g/mol. The zero-order chi connectivity index (χ0) is 17.5. The van der Waals surface area contributed by atoms with Crippen molar-refractivity contribution >= 4 is 33.5 Å². The van der Waals surface area contributed by atoms with E-state index in [0.29, 0.717) is 22.3 Å². The predicted molar refractivity (Wildman–Crippen MR) is 94.0 cm³/mol. The Morgan fingerprint density at radius 2 is 1.83 bits per heavy atom. The third-order valence-electron chi connectivity index (χ3n) is 3.09. The zero-order valence-corrected chi connectivity index (χ0v) is 15.5. The molecule has 2 aromatic carbocycles. The Morgan fingerprint density at radius 1 is 1.12 bits per heavy atom. The molecule has 0 N–H and O–H groups in total. The van der Waals surface area contributed by atoms with E-state index in [1.54, 1.807) is 50.6 Å². The van der Waals surface area contributed by atoms with Crippen LogP contribution in [0.15, 0.2) is 40.9 Å². The number of esters is 1. The number of halogens is 2. The standard InChI is InChI=1S/C17H16BrClO5/c1-21-15-6-11(14(18)8-16(15)22-2)9-24-17(20)10-23-13-5-3-4-12(19)7-13/h3-8H,9-10H2,1-2H3. The topological polar surface area (TPSA) is 54.0 Å². The van der Waals surface area contributed by atoms with Gasteiger partial charge in [-0.15, -0.1) is 0 Å². The van der Waals surface area contributed by atoms with Crippen LogP contribution in [0, 0.1) is 0 Å². The highest BCUT2D eigenvalue weighted by atomic mass is 79.9. The summed E-state index contributed by atoms with van der Waals surface area (Å²) in [5.74, 6) is 1.16. The third-order valence-corrected chi connectivity index (χ3v) is 4.07. The minimum atomic E-state index is -0.489. The van der Waals surface area contributed by atoms with Crippen LogP contribution in [0.25, 0.3) is 0 Å². The largest absolute Gasteiger partial charge is 0.493 e. The van der Waals surface area contributed by atoms with E-state index >= 15 is 0 Å². The van der Waals surface area contributed by atoms with Crippen molar-refractivity contribution in [1.82, 2.24) is 0 Å². The van der Waals surface area contributed by atoms with E-state index in [1.807, 2.05) is 0 Å². The van der Waals surface area contributed by atoms with E-state index in [4.69, 9.17) is 30.5 Å². The Bertz CT molecular complexity index is 720. The fourth-order valence-corrected chi connectivity index (χ4v) is 2.52. The first-order valence-corrected chi connectivity index (χ1v) is 8.15. The van der Waals surface area contributed by atoms with E-state index in [-0.39, 0.29) is 13.2 Å². The lowest BCUT2D eigenvalue weighted by Crippen LogP contribution is -2.15. The lowest BCUT2D eigenvalue weighted by molar-refractivity contribution is -0.147. The molecule has 0 amide bonds. The van der Waals surface area contributed by atoms with Crippen LogP contribution in [0.1, 0.15) is 5.56 Å². The maximum atomic E-state index is 11.8. The van der Waals surface area contributed by atoms with Crippen LogP contribution in [-0.2, 0) is 16.1 Å². The summed E-state index contributed by atoms with van der Waals surface area (Å²) in [6.07, 6.45) is 0. The summed E-state index contributed by atoms with van der Waals surface area (Å²) >= 11 is 9.26. The molecule has 0 fully saturated rings. The average molecular weight is 416 g/mol. The van der Waals surface area contributed by atoms with Gasteiger partial charge in [0.2, 0.25) is 0 Å². The number of carbonyl (C=O) groups is 1. The quantitative estimate of drug-likeness (QED) is 0.633. The molecular formula is C17H16BrClO5. The molecule has 0 aliphatic heterocycles. The lowest BCUT2D eigenvalue weighted by atomic mass is 10.2. The van der Waals surface area contributed by atoms with Crippen LogP contribution in [-0.4, -0.2) is 26.8 Å². The molecule has 0 spiro atoms. The summed E-state index contributed by atoms with van der Waals surface area (Å²) < 4.78 is 21.7. The molecule has 0 saturated carbocycles. The summed E-state index contributed by atoms with van der Waals surface area (Å²) in [4.78, 5) is 11.8. The first-order valence-electron chi connectivity index (χ1n) is 6.98. The van der Waals surface area contributed by atoms with Crippen LogP contribution in [0.3, 0.4) is 0 Å². The number of hydrogen-bond donors (Lipinski definition) is 0. The van der Waals surface area contributed by atoms with Crippen molar-refractivity contribution in [2.45, 2.75) is 6.61 Å². The minimum absolute atomic E-state index is 0.0820. The normalized spacial score (nSPS) is 10.2.